The molecule has 0 atom stereocenters. The van der Waals surface area contributed by atoms with Crippen molar-refractivity contribution < 1.29 is 9.72 Å². The van der Waals surface area contributed by atoms with Crippen molar-refractivity contribution in [1.29, 1.82) is 5.26 Å². The third kappa shape index (κ3) is 4.12. The summed E-state index contributed by atoms with van der Waals surface area (Å²) >= 11 is 0. The quantitative estimate of drug-likeness (QED) is 0.639. The molecule has 2 rings (SSSR count). The molecule has 0 aliphatic heterocycles. The number of anilines is 2. The normalized spacial score (nSPS) is 9.96. The minimum absolute atomic E-state index is 0.0374. The summed E-state index contributed by atoms with van der Waals surface area (Å²) in [6.45, 7) is 5.14. The fourth-order valence-corrected chi connectivity index (χ4v) is 2.39. The van der Waals surface area contributed by atoms with E-state index in [0.717, 1.165) is 0 Å². The van der Waals surface area contributed by atoms with Crippen LogP contribution in [-0.2, 0) is 0 Å². The summed E-state index contributed by atoms with van der Waals surface area (Å²) in [6.07, 6.45) is 0. The van der Waals surface area contributed by atoms with Gasteiger partial charge >= 0.3 is 0 Å². The second-order valence-electron chi connectivity index (χ2n) is 5.28. The van der Waals surface area contributed by atoms with Crippen LogP contribution in [-0.4, -0.2) is 28.8 Å². The number of carbonyl (C=O) groups excluding carboxylic acids is 1. The SMILES string of the molecule is CCN(CC)C(=O)c1ccc(Nc2ccc([N+](=O)[O-])cc2C#N)cc1. The number of hydrogen-bond acceptors (Lipinski definition) is 5. The molecule has 0 aliphatic rings. The summed E-state index contributed by atoms with van der Waals surface area (Å²) in [7, 11) is 0. The minimum atomic E-state index is -0.543. The van der Waals surface area contributed by atoms with Crippen molar-refractivity contribution in [2.75, 3.05) is 18.4 Å². The molecular formula is C18H18N4O3. The Bertz CT molecular complexity index is 821. The van der Waals surface area contributed by atoms with Gasteiger partial charge in [-0.05, 0) is 44.2 Å². The zero-order valence-electron chi connectivity index (χ0n) is 14.0. The fourth-order valence-electron chi connectivity index (χ4n) is 2.39. The second-order valence-corrected chi connectivity index (χ2v) is 5.28. The van der Waals surface area contributed by atoms with Crippen molar-refractivity contribution in [3.05, 3.63) is 63.7 Å². The molecule has 0 heterocycles. The molecule has 2 aromatic rings. The lowest BCUT2D eigenvalue weighted by atomic mass is 10.1. The monoisotopic (exact) mass is 338 g/mol. The Morgan fingerprint density at radius 3 is 2.36 bits per heavy atom. The van der Waals surface area contributed by atoms with Crippen LogP contribution in [0.2, 0.25) is 0 Å². The van der Waals surface area contributed by atoms with E-state index < -0.39 is 4.92 Å². The Morgan fingerprint density at radius 1 is 1.20 bits per heavy atom. The predicted molar refractivity (Wildman–Crippen MR) is 94.8 cm³/mol. The van der Waals surface area contributed by atoms with Gasteiger partial charge in [0.05, 0.1) is 16.2 Å². The van der Waals surface area contributed by atoms with Crippen LogP contribution >= 0.6 is 0 Å². The van der Waals surface area contributed by atoms with E-state index in [-0.39, 0.29) is 17.2 Å². The van der Waals surface area contributed by atoms with Crippen molar-refractivity contribution in [3.63, 3.8) is 0 Å². The first kappa shape index (κ1) is 17.9. The van der Waals surface area contributed by atoms with Crippen LogP contribution < -0.4 is 5.32 Å². The number of nitrogens with zero attached hydrogens (tertiary/aromatic N) is 3. The largest absolute Gasteiger partial charge is 0.354 e. The molecule has 128 valence electrons. The van der Waals surface area contributed by atoms with Crippen molar-refractivity contribution in [3.8, 4) is 6.07 Å². The lowest BCUT2D eigenvalue weighted by Gasteiger charge is -2.18. The first-order valence-electron chi connectivity index (χ1n) is 7.85. The molecule has 0 saturated carbocycles. The Balaban J connectivity index is 2.21. The van der Waals surface area contributed by atoms with E-state index in [9.17, 15) is 20.2 Å². The van der Waals surface area contributed by atoms with Crippen molar-refractivity contribution >= 4 is 23.0 Å². The molecule has 2 aromatic carbocycles. The summed E-state index contributed by atoms with van der Waals surface area (Å²) in [5.74, 6) is -0.0374. The smallest absolute Gasteiger partial charge is 0.270 e. The van der Waals surface area contributed by atoms with Gasteiger partial charge in [-0.1, -0.05) is 0 Å². The molecule has 0 aromatic heterocycles. The van der Waals surface area contributed by atoms with Crippen LogP contribution in [0.1, 0.15) is 29.8 Å². The Kier molecular flexibility index (Phi) is 5.69. The van der Waals surface area contributed by atoms with Crippen LogP contribution in [0, 0.1) is 21.4 Å². The van der Waals surface area contributed by atoms with Gasteiger partial charge < -0.3 is 10.2 Å². The van der Waals surface area contributed by atoms with E-state index in [4.69, 9.17) is 0 Å². The molecule has 7 nitrogen and oxygen atoms in total. The van der Waals surface area contributed by atoms with Crippen molar-refractivity contribution in [2.24, 2.45) is 0 Å². The van der Waals surface area contributed by atoms with Crippen LogP contribution in [0.25, 0.3) is 0 Å². The van der Waals surface area contributed by atoms with E-state index >= 15 is 0 Å². The zero-order chi connectivity index (χ0) is 18.4. The Morgan fingerprint density at radius 2 is 1.84 bits per heavy atom. The molecule has 0 spiro atoms. The highest BCUT2D eigenvalue weighted by Gasteiger charge is 2.13. The number of rotatable bonds is 6. The van der Waals surface area contributed by atoms with Gasteiger partial charge in [-0.25, -0.2) is 0 Å². The van der Waals surface area contributed by atoms with Crippen LogP contribution in [0.3, 0.4) is 0 Å². The number of amides is 1. The molecule has 0 saturated heterocycles. The average Bonchev–Trinajstić information content (AvgIpc) is 2.63. The van der Waals surface area contributed by atoms with Gasteiger partial charge in [0.15, 0.2) is 0 Å². The van der Waals surface area contributed by atoms with Crippen molar-refractivity contribution in [1.82, 2.24) is 4.90 Å². The summed E-state index contributed by atoms with van der Waals surface area (Å²) in [5, 5.41) is 23.0. The number of non-ortho nitro benzene ring substituents is 1. The zero-order valence-corrected chi connectivity index (χ0v) is 14.0. The van der Waals surface area contributed by atoms with Crippen molar-refractivity contribution in [2.45, 2.75) is 13.8 Å². The number of benzene rings is 2. The highest BCUT2D eigenvalue weighted by Crippen LogP contribution is 2.25. The molecule has 0 fully saturated rings. The van der Waals surface area contributed by atoms with Crippen LogP contribution in [0.15, 0.2) is 42.5 Å². The molecule has 1 amide bonds. The molecule has 7 heteroatoms. The molecule has 0 radical (unpaired) electrons. The van der Waals surface area contributed by atoms with E-state index in [0.29, 0.717) is 30.0 Å². The summed E-state index contributed by atoms with van der Waals surface area (Å²) < 4.78 is 0. The van der Waals surface area contributed by atoms with Gasteiger partial charge in [0.2, 0.25) is 0 Å². The average molecular weight is 338 g/mol. The van der Waals surface area contributed by atoms with Gasteiger partial charge in [0.1, 0.15) is 6.07 Å². The third-order valence-corrected chi connectivity index (χ3v) is 3.80. The van der Waals surface area contributed by atoms with E-state index in [1.165, 1.54) is 18.2 Å². The molecule has 0 bridgehead atoms. The maximum absolute atomic E-state index is 12.3. The topological polar surface area (TPSA) is 99.3 Å². The van der Waals surface area contributed by atoms with E-state index in [1.807, 2.05) is 19.9 Å². The van der Waals surface area contributed by atoms with Gasteiger partial charge in [0, 0.05) is 36.5 Å². The number of nitriles is 1. The first-order chi connectivity index (χ1) is 12.0. The number of nitrogens with one attached hydrogen (secondary N) is 1. The standard InChI is InChI=1S/C18H18N4O3/c1-3-21(4-2)18(23)13-5-7-15(8-6-13)20-17-10-9-16(22(24)25)11-14(17)12-19/h5-11,20H,3-4H2,1-2H3. The van der Waals surface area contributed by atoms with E-state index in [2.05, 4.69) is 5.32 Å². The summed E-state index contributed by atoms with van der Waals surface area (Å²) in [6, 6.07) is 12.9. The molecular weight excluding hydrogens is 320 g/mol. The first-order valence-corrected chi connectivity index (χ1v) is 7.85. The molecule has 0 aliphatic carbocycles. The van der Waals surface area contributed by atoms with Crippen LogP contribution in [0.5, 0.6) is 0 Å². The number of nitro groups is 1. The molecule has 1 N–H and O–H groups in total. The minimum Gasteiger partial charge on any atom is -0.354 e. The molecule has 25 heavy (non-hydrogen) atoms. The second kappa shape index (κ2) is 7.93. The predicted octanol–water partition coefficient (Wildman–Crippen LogP) is 3.69. The number of carbonyl (C=O) groups is 1. The lowest BCUT2D eigenvalue weighted by Crippen LogP contribution is -2.30. The van der Waals surface area contributed by atoms with E-state index in [1.54, 1.807) is 29.2 Å². The highest BCUT2D eigenvalue weighted by atomic mass is 16.6. The van der Waals surface area contributed by atoms with Gasteiger partial charge in [0.25, 0.3) is 11.6 Å². The Labute approximate surface area is 145 Å². The third-order valence-electron chi connectivity index (χ3n) is 3.80. The van der Waals surface area contributed by atoms with Gasteiger partial charge in [-0.15, -0.1) is 0 Å². The highest BCUT2D eigenvalue weighted by molar-refractivity contribution is 5.94. The molecule has 0 unspecified atom stereocenters. The fraction of sp³-hybridized carbons (Fsp3) is 0.222. The maximum atomic E-state index is 12.3. The number of nitro benzene ring substituents is 1. The summed E-state index contributed by atoms with van der Waals surface area (Å²) in [5.41, 5.74) is 1.77. The number of hydrogen-bond donors (Lipinski definition) is 1. The Hall–Kier alpha value is -3.40. The maximum Gasteiger partial charge on any atom is 0.270 e. The van der Waals surface area contributed by atoms with Crippen LogP contribution in [0.4, 0.5) is 17.1 Å². The van der Waals surface area contributed by atoms with Gasteiger partial charge in [-0.2, -0.15) is 5.26 Å². The van der Waals surface area contributed by atoms with Gasteiger partial charge in [-0.3, -0.25) is 14.9 Å². The summed E-state index contributed by atoms with van der Waals surface area (Å²) in [4.78, 5) is 24.2. The lowest BCUT2D eigenvalue weighted by molar-refractivity contribution is -0.384.